The van der Waals surface area contributed by atoms with Gasteiger partial charge in [0.15, 0.2) is 5.78 Å². The molecule has 1 aromatic carbocycles. The zero-order valence-electron chi connectivity index (χ0n) is 13.3. The predicted octanol–water partition coefficient (Wildman–Crippen LogP) is 1.80. The van der Waals surface area contributed by atoms with E-state index < -0.39 is 0 Å². The molecule has 1 unspecified atom stereocenters. The molecule has 0 aromatic heterocycles. The molecule has 0 saturated carbocycles. The smallest absolute Gasteiger partial charge is 0.179 e. The summed E-state index contributed by atoms with van der Waals surface area (Å²) in [5, 5.41) is 3.34. The maximum atomic E-state index is 12.5. The molecule has 1 fully saturated rings. The fourth-order valence-corrected chi connectivity index (χ4v) is 2.68. The van der Waals surface area contributed by atoms with Gasteiger partial charge in [-0.15, -0.1) is 0 Å². The Morgan fingerprint density at radius 2 is 2.05 bits per heavy atom. The maximum Gasteiger partial charge on any atom is 0.179 e. The number of carbonyl (C=O) groups excluding carboxylic acids is 1. The van der Waals surface area contributed by atoms with Crippen molar-refractivity contribution in [3.05, 3.63) is 34.9 Å². The van der Waals surface area contributed by atoms with Crippen molar-refractivity contribution in [1.29, 1.82) is 0 Å². The van der Waals surface area contributed by atoms with E-state index in [1.54, 1.807) is 0 Å². The van der Waals surface area contributed by atoms with E-state index in [0.717, 1.165) is 50.5 Å². The van der Waals surface area contributed by atoms with Gasteiger partial charge in [0, 0.05) is 31.7 Å². The van der Waals surface area contributed by atoms with Crippen LogP contribution in [0.4, 0.5) is 0 Å². The molecule has 1 N–H and O–H groups in total. The van der Waals surface area contributed by atoms with Crippen LogP contribution in [0.25, 0.3) is 0 Å². The molecular weight excluding hydrogens is 264 g/mol. The Balaban J connectivity index is 1.81. The van der Waals surface area contributed by atoms with Crippen molar-refractivity contribution in [3.63, 3.8) is 0 Å². The molecule has 1 aliphatic rings. The molecule has 0 aliphatic carbocycles. The van der Waals surface area contributed by atoms with Crippen LogP contribution in [0, 0.1) is 13.8 Å². The van der Waals surface area contributed by atoms with Crippen LogP contribution in [0.2, 0.25) is 0 Å². The molecule has 4 heteroatoms. The number of hydrogen-bond acceptors (Lipinski definition) is 4. The van der Waals surface area contributed by atoms with E-state index in [-0.39, 0.29) is 11.8 Å². The van der Waals surface area contributed by atoms with Crippen LogP contribution in [-0.2, 0) is 4.74 Å². The molecule has 2 rings (SSSR count). The largest absolute Gasteiger partial charge is 0.379 e. The fourth-order valence-electron chi connectivity index (χ4n) is 2.68. The van der Waals surface area contributed by atoms with Crippen molar-refractivity contribution in [2.75, 3.05) is 39.4 Å². The molecule has 1 heterocycles. The molecule has 1 saturated heterocycles. The van der Waals surface area contributed by atoms with E-state index >= 15 is 0 Å². The number of hydrogen-bond donors (Lipinski definition) is 1. The van der Waals surface area contributed by atoms with Gasteiger partial charge in [0.2, 0.25) is 0 Å². The van der Waals surface area contributed by atoms with Crippen molar-refractivity contribution in [1.82, 2.24) is 10.2 Å². The summed E-state index contributed by atoms with van der Waals surface area (Å²) in [5.41, 5.74) is 3.07. The zero-order chi connectivity index (χ0) is 15.2. The number of ether oxygens (including phenoxy) is 1. The minimum atomic E-state index is -0.146. The van der Waals surface area contributed by atoms with Crippen LogP contribution in [0.3, 0.4) is 0 Å². The number of nitrogens with zero attached hydrogens (tertiary/aromatic N) is 1. The van der Waals surface area contributed by atoms with E-state index in [1.165, 1.54) is 5.56 Å². The Labute approximate surface area is 127 Å². The van der Waals surface area contributed by atoms with Crippen LogP contribution in [0.15, 0.2) is 18.2 Å². The number of nitrogens with one attached hydrogen (secondary N) is 1. The highest BCUT2D eigenvalue weighted by Crippen LogP contribution is 2.12. The fraction of sp³-hybridized carbons (Fsp3) is 0.588. The number of benzene rings is 1. The summed E-state index contributed by atoms with van der Waals surface area (Å²) >= 11 is 0. The number of ketones is 1. The highest BCUT2D eigenvalue weighted by molar-refractivity contribution is 6.01. The Hall–Kier alpha value is -1.23. The topological polar surface area (TPSA) is 41.6 Å². The average Bonchev–Trinajstić information content (AvgIpc) is 2.47. The molecule has 0 amide bonds. The van der Waals surface area contributed by atoms with Gasteiger partial charge < -0.3 is 10.1 Å². The lowest BCUT2D eigenvalue weighted by atomic mass is 9.98. The summed E-state index contributed by atoms with van der Waals surface area (Å²) in [5.74, 6) is 0.175. The molecule has 0 radical (unpaired) electrons. The van der Waals surface area contributed by atoms with E-state index in [1.807, 2.05) is 32.9 Å². The summed E-state index contributed by atoms with van der Waals surface area (Å²) in [6, 6.07) is 5.86. The number of Topliss-reactive ketones (excluding diaryl/α,β-unsaturated/α-hetero) is 1. The van der Waals surface area contributed by atoms with Crippen LogP contribution < -0.4 is 5.32 Å². The molecule has 0 bridgehead atoms. The van der Waals surface area contributed by atoms with Gasteiger partial charge in [-0.3, -0.25) is 9.69 Å². The van der Waals surface area contributed by atoms with Crippen LogP contribution in [0.5, 0.6) is 0 Å². The molecule has 1 aliphatic heterocycles. The minimum absolute atomic E-state index is 0.146. The lowest BCUT2D eigenvalue weighted by Gasteiger charge is -2.27. The van der Waals surface area contributed by atoms with Crippen molar-refractivity contribution in [3.8, 4) is 0 Å². The zero-order valence-corrected chi connectivity index (χ0v) is 13.3. The third-order valence-electron chi connectivity index (χ3n) is 4.02. The summed E-state index contributed by atoms with van der Waals surface area (Å²) in [6.45, 7) is 11.4. The van der Waals surface area contributed by atoms with Crippen molar-refractivity contribution < 1.29 is 9.53 Å². The highest BCUT2D eigenvalue weighted by Gasteiger charge is 2.17. The van der Waals surface area contributed by atoms with E-state index in [4.69, 9.17) is 4.74 Å². The summed E-state index contributed by atoms with van der Waals surface area (Å²) < 4.78 is 5.33. The van der Waals surface area contributed by atoms with E-state index in [0.29, 0.717) is 0 Å². The Morgan fingerprint density at radius 1 is 1.33 bits per heavy atom. The van der Waals surface area contributed by atoms with Gasteiger partial charge in [0.25, 0.3) is 0 Å². The molecule has 1 atom stereocenters. The highest BCUT2D eigenvalue weighted by atomic mass is 16.5. The Morgan fingerprint density at radius 3 is 2.71 bits per heavy atom. The lowest BCUT2D eigenvalue weighted by molar-refractivity contribution is 0.0381. The van der Waals surface area contributed by atoms with Gasteiger partial charge in [-0.25, -0.2) is 0 Å². The number of carbonyl (C=O) groups is 1. The summed E-state index contributed by atoms with van der Waals surface area (Å²) in [4.78, 5) is 14.8. The van der Waals surface area contributed by atoms with Gasteiger partial charge in [-0.2, -0.15) is 0 Å². The van der Waals surface area contributed by atoms with Crippen molar-refractivity contribution in [2.45, 2.75) is 26.8 Å². The second-order valence-electron chi connectivity index (χ2n) is 5.81. The number of rotatable bonds is 6. The first-order chi connectivity index (χ1) is 10.1. The molecule has 1 aromatic rings. The normalized spacial score (nSPS) is 17.7. The summed E-state index contributed by atoms with van der Waals surface area (Å²) in [7, 11) is 0. The maximum absolute atomic E-state index is 12.5. The van der Waals surface area contributed by atoms with Crippen molar-refractivity contribution in [2.24, 2.45) is 0 Å². The van der Waals surface area contributed by atoms with E-state index in [9.17, 15) is 4.79 Å². The van der Waals surface area contributed by atoms with Gasteiger partial charge in [0.1, 0.15) is 0 Å². The first kappa shape index (κ1) is 16.1. The van der Waals surface area contributed by atoms with Crippen LogP contribution >= 0.6 is 0 Å². The summed E-state index contributed by atoms with van der Waals surface area (Å²) in [6.07, 6.45) is 0. The standard InChI is InChI=1S/C17H26N2O2/c1-13-4-5-16(14(2)12-13)17(20)15(3)18-6-7-19-8-10-21-11-9-19/h4-5,12,15,18H,6-11H2,1-3H3. The molecular formula is C17H26N2O2. The molecule has 21 heavy (non-hydrogen) atoms. The molecule has 4 nitrogen and oxygen atoms in total. The third kappa shape index (κ3) is 4.63. The van der Waals surface area contributed by atoms with Crippen molar-refractivity contribution >= 4 is 5.78 Å². The quantitative estimate of drug-likeness (QED) is 0.811. The SMILES string of the molecule is Cc1ccc(C(=O)C(C)NCCN2CCOCC2)c(C)c1. The van der Waals surface area contributed by atoms with Gasteiger partial charge in [0.05, 0.1) is 19.3 Å². The monoisotopic (exact) mass is 290 g/mol. The predicted molar refractivity (Wildman–Crippen MR) is 85.0 cm³/mol. The third-order valence-corrected chi connectivity index (χ3v) is 4.02. The van der Waals surface area contributed by atoms with Gasteiger partial charge >= 0.3 is 0 Å². The van der Waals surface area contributed by atoms with E-state index in [2.05, 4.69) is 16.3 Å². The molecule has 0 spiro atoms. The van der Waals surface area contributed by atoms with Gasteiger partial charge in [-0.05, 0) is 26.3 Å². The number of aryl methyl sites for hydroxylation is 2. The lowest BCUT2D eigenvalue weighted by Crippen LogP contribution is -2.43. The van der Waals surface area contributed by atoms with Crippen LogP contribution in [0.1, 0.15) is 28.4 Å². The Kier molecular flexibility index (Phi) is 5.91. The first-order valence-electron chi connectivity index (χ1n) is 7.73. The van der Waals surface area contributed by atoms with Crippen LogP contribution in [-0.4, -0.2) is 56.1 Å². The second kappa shape index (κ2) is 7.69. The minimum Gasteiger partial charge on any atom is -0.379 e. The first-order valence-corrected chi connectivity index (χ1v) is 7.73. The Bertz CT molecular complexity index is 482. The molecule has 116 valence electrons. The average molecular weight is 290 g/mol. The van der Waals surface area contributed by atoms with Gasteiger partial charge in [-0.1, -0.05) is 23.8 Å². The second-order valence-corrected chi connectivity index (χ2v) is 5.81. The number of morpholine rings is 1.